The second kappa shape index (κ2) is 2.25. The summed E-state index contributed by atoms with van der Waals surface area (Å²) in [6.45, 7) is 4.93. The Morgan fingerprint density at radius 3 is 1.75 bits per heavy atom. The van der Waals surface area contributed by atoms with Crippen LogP contribution in [0.25, 0.3) is 0 Å². The molecule has 0 bridgehead atoms. The first-order valence-corrected chi connectivity index (χ1v) is 5.31. The lowest BCUT2D eigenvalue weighted by molar-refractivity contribution is 0.696. The van der Waals surface area contributed by atoms with Crippen LogP contribution in [-0.4, -0.2) is 47.1 Å². The Kier molecular flexibility index (Phi) is 1.80. The van der Waals surface area contributed by atoms with E-state index in [1.165, 1.54) is 13.1 Å². The summed E-state index contributed by atoms with van der Waals surface area (Å²) >= 11 is 0. The van der Waals surface area contributed by atoms with E-state index in [-0.39, 0.29) is 0 Å². The molecule has 0 atom stereocenters. The molecule has 0 aliphatic carbocycles. The first-order valence-electron chi connectivity index (χ1n) is 3.12. The summed E-state index contributed by atoms with van der Waals surface area (Å²) in [6, 6.07) is 0. The highest BCUT2D eigenvalue weighted by atomic mass is 28.3. The third-order valence-corrected chi connectivity index (χ3v) is 5.15. The van der Waals surface area contributed by atoms with E-state index in [2.05, 4.69) is 31.5 Å². The monoisotopic (exact) mass is 126 g/mol. The topological polar surface area (TPSA) is 6.48 Å². The van der Waals surface area contributed by atoms with Crippen molar-refractivity contribution in [2.24, 2.45) is 0 Å². The minimum Gasteiger partial charge on any atom is -0.361 e. The van der Waals surface area contributed by atoms with Crippen molar-refractivity contribution in [2.45, 2.75) is 6.55 Å². The quantitative estimate of drug-likeness (QED) is 0.332. The van der Waals surface area contributed by atoms with Crippen molar-refractivity contribution in [1.82, 2.24) is 8.95 Å². The Morgan fingerprint density at radius 2 is 1.62 bits per heavy atom. The Bertz CT molecular complexity index is 81.4. The largest absolute Gasteiger partial charge is 0.361 e. The van der Waals surface area contributed by atoms with Gasteiger partial charge in [0, 0.05) is 0 Å². The van der Waals surface area contributed by atoms with Crippen molar-refractivity contribution in [2.75, 3.05) is 13.1 Å². The summed E-state index contributed by atoms with van der Waals surface area (Å²) in [5.41, 5.74) is 0. The second-order valence-electron chi connectivity index (χ2n) is 2.59. The van der Waals surface area contributed by atoms with Crippen molar-refractivity contribution in [3.05, 3.63) is 0 Å². The highest BCUT2D eigenvalue weighted by molar-refractivity contribution is 6.62. The van der Waals surface area contributed by atoms with E-state index >= 15 is 0 Å². The minimum atomic E-state index is -0.571. The van der Waals surface area contributed by atoms with E-state index in [0.717, 1.165) is 0 Å². The molecule has 0 aromatic rings. The van der Waals surface area contributed by atoms with Crippen molar-refractivity contribution in [3.63, 3.8) is 0 Å². The van der Waals surface area contributed by atoms with Gasteiger partial charge in [0.05, 0.1) is 0 Å². The van der Waals surface area contributed by atoms with E-state index < -0.39 is 9.12 Å². The summed E-state index contributed by atoms with van der Waals surface area (Å²) in [6.07, 6.45) is 0. The van der Waals surface area contributed by atoms with Crippen LogP contribution in [0.2, 0.25) is 6.55 Å². The molecule has 0 unspecified atom stereocenters. The summed E-state index contributed by atoms with van der Waals surface area (Å²) < 4.78 is 4.97. The first-order chi connectivity index (χ1) is 3.72. The molecule has 0 saturated carbocycles. The molecular weight excluding hydrogens is 114 g/mol. The smallest absolute Gasteiger partial charge is 0.178 e. The maximum Gasteiger partial charge on any atom is 0.178 e. The van der Waals surface area contributed by atoms with Crippen LogP contribution in [0.1, 0.15) is 0 Å². The molecule has 1 aliphatic heterocycles. The standard InChI is InChI=1S/C3H12B2N2Si/c1-8-6(4)2-3-7(8)5/h8H,2-5H2,1H3. The van der Waals surface area contributed by atoms with Gasteiger partial charge < -0.3 is 8.95 Å². The lowest BCUT2D eigenvalue weighted by Crippen LogP contribution is -2.38. The lowest BCUT2D eigenvalue weighted by atomic mass is 10.3. The molecule has 2 nitrogen and oxygen atoms in total. The average Bonchev–Trinajstić information content (AvgIpc) is 1.98. The Balaban J connectivity index is 2.44. The van der Waals surface area contributed by atoms with Gasteiger partial charge in [0.25, 0.3) is 0 Å². The van der Waals surface area contributed by atoms with Gasteiger partial charge in [-0.25, -0.2) is 0 Å². The molecular formula is C3H12B2N2Si. The number of hydrogen-bond donors (Lipinski definition) is 0. The molecule has 44 valence electrons. The van der Waals surface area contributed by atoms with E-state index in [4.69, 9.17) is 0 Å². The Hall–Kier alpha value is 0.267. The van der Waals surface area contributed by atoms with E-state index in [9.17, 15) is 0 Å². The van der Waals surface area contributed by atoms with Gasteiger partial charge in [-0.1, -0.05) is 0 Å². The molecule has 1 heterocycles. The maximum atomic E-state index is 2.49. The number of rotatable bonds is 0. The van der Waals surface area contributed by atoms with Crippen molar-refractivity contribution >= 4 is 25.1 Å². The Labute approximate surface area is 54.5 Å². The SMILES string of the molecule is BN1CCN(B)[SiH]1C. The molecule has 1 fully saturated rings. The first kappa shape index (κ1) is 6.39. The van der Waals surface area contributed by atoms with Gasteiger partial charge in [-0.2, -0.15) is 0 Å². The summed E-state index contributed by atoms with van der Waals surface area (Å²) in [5.74, 6) is 0. The normalized spacial score (nSPS) is 27.1. The molecule has 0 aromatic carbocycles. The van der Waals surface area contributed by atoms with Crippen LogP contribution in [0.4, 0.5) is 0 Å². The third-order valence-electron chi connectivity index (χ3n) is 2.08. The second-order valence-corrected chi connectivity index (χ2v) is 5.62. The number of hydrogen-bond acceptors (Lipinski definition) is 2. The van der Waals surface area contributed by atoms with Gasteiger partial charge in [0.1, 0.15) is 0 Å². The zero-order valence-electron chi connectivity index (χ0n) is 5.89. The van der Waals surface area contributed by atoms with Gasteiger partial charge in [0.2, 0.25) is 0 Å². The molecule has 0 radical (unpaired) electrons. The van der Waals surface area contributed by atoms with Crippen LogP contribution in [0, 0.1) is 0 Å². The molecule has 1 aliphatic rings. The highest BCUT2D eigenvalue weighted by Gasteiger charge is 2.21. The minimum absolute atomic E-state index is 0.571. The van der Waals surface area contributed by atoms with Crippen LogP contribution in [0.15, 0.2) is 0 Å². The zero-order chi connectivity index (χ0) is 6.15. The average molecular weight is 126 g/mol. The van der Waals surface area contributed by atoms with Crippen molar-refractivity contribution < 1.29 is 0 Å². The highest BCUT2D eigenvalue weighted by Crippen LogP contribution is 2.02. The molecule has 0 spiro atoms. The summed E-state index contributed by atoms with van der Waals surface area (Å²) in [5, 5.41) is 0. The zero-order valence-corrected chi connectivity index (χ0v) is 7.04. The molecule has 0 aromatic heterocycles. The summed E-state index contributed by atoms with van der Waals surface area (Å²) in [4.78, 5) is 0. The maximum absolute atomic E-state index is 2.49. The lowest BCUT2D eigenvalue weighted by Gasteiger charge is -2.17. The van der Waals surface area contributed by atoms with Gasteiger partial charge in [-0.3, -0.25) is 0 Å². The van der Waals surface area contributed by atoms with Crippen LogP contribution in [-0.2, 0) is 0 Å². The van der Waals surface area contributed by atoms with Crippen LogP contribution >= 0.6 is 0 Å². The van der Waals surface area contributed by atoms with Crippen molar-refractivity contribution in [1.29, 1.82) is 0 Å². The van der Waals surface area contributed by atoms with Gasteiger partial charge in [0.15, 0.2) is 25.1 Å². The summed E-state index contributed by atoms with van der Waals surface area (Å²) in [7, 11) is 3.87. The van der Waals surface area contributed by atoms with Crippen LogP contribution in [0.5, 0.6) is 0 Å². The molecule has 0 N–H and O–H groups in total. The predicted molar refractivity (Wildman–Crippen MR) is 43.5 cm³/mol. The fourth-order valence-corrected chi connectivity index (χ4v) is 2.68. The fourth-order valence-electron chi connectivity index (χ4n) is 1.03. The van der Waals surface area contributed by atoms with Gasteiger partial charge in [-0.15, -0.1) is 0 Å². The van der Waals surface area contributed by atoms with Crippen LogP contribution in [0.3, 0.4) is 0 Å². The molecule has 1 saturated heterocycles. The third kappa shape index (κ3) is 0.988. The molecule has 8 heavy (non-hydrogen) atoms. The number of nitrogens with zero attached hydrogens (tertiary/aromatic N) is 2. The molecule has 5 heteroatoms. The van der Waals surface area contributed by atoms with E-state index in [0.29, 0.717) is 0 Å². The predicted octanol–water partition coefficient (Wildman–Crippen LogP) is -2.45. The van der Waals surface area contributed by atoms with Gasteiger partial charge >= 0.3 is 0 Å². The van der Waals surface area contributed by atoms with E-state index in [1.807, 2.05) is 0 Å². The molecule has 1 rings (SSSR count). The Morgan fingerprint density at radius 1 is 1.25 bits per heavy atom. The van der Waals surface area contributed by atoms with E-state index in [1.54, 1.807) is 0 Å². The van der Waals surface area contributed by atoms with Crippen molar-refractivity contribution in [3.8, 4) is 0 Å². The molecule has 0 amide bonds. The van der Waals surface area contributed by atoms with Crippen LogP contribution < -0.4 is 0 Å². The van der Waals surface area contributed by atoms with Gasteiger partial charge in [-0.05, 0) is 19.6 Å². The fraction of sp³-hybridized carbons (Fsp3) is 1.00.